The minimum Gasteiger partial charge on any atom is -0.491 e. The van der Waals surface area contributed by atoms with Crippen LogP contribution in [0.15, 0.2) is 34.9 Å². The molecule has 1 aromatic carbocycles. The number of aryl methyl sites for hydroxylation is 1. The summed E-state index contributed by atoms with van der Waals surface area (Å²) in [6, 6.07) is 9.90. The van der Waals surface area contributed by atoms with Crippen molar-refractivity contribution in [1.29, 1.82) is 0 Å². The van der Waals surface area contributed by atoms with Crippen molar-refractivity contribution in [1.82, 2.24) is 10.5 Å². The van der Waals surface area contributed by atoms with Gasteiger partial charge in [-0.3, -0.25) is 0 Å². The number of halogens is 1. The third kappa shape index (κ3) is 7.17. The van der Waals surface area contributed by atoms with E-state index in [-0.39, 0.29) is 19.0 Å². The average molecular weight is 353 g/mol. The van der Waals surface area contributed by atoms with Crippen LogP contribution in [0.2, 0.25) is 0 Å². The number of nitrogens with one attached hydrogen (secondary N) is 1. The molecule has 1 heterocycles. The molecule has 6 heteroatoms. The fraction of sp³-hybridized carbons (Fsp3) is 0.389. The Morgan fingerprint density at radius 1 is 1.25 bits per heavy atom. The molecule has 1 atom stereocenters. The molecule has 0 saturated heterocycles. The van der Waals surface area contributed by atoms with Crippen LogP contribution in [0.4, 0.5) is 0 Å². The first-order chi connectivity index (χ1) is 11.0. The van der Waals surface area contributed by atoms with Gasteiger partial charge in [0.2, 0.25) is 0 Å². The van der Waals surface area contributed by atoms with E-state index >= 15 is 0 Å². The molecule has 0 radical (unpaired) electrons. The lowest BCUT2D eigenvalue weighted by atomic mass is 10.2. The van der Waals surface area contributed by atoms with E-state index in [0.717, 1.165) is 22.8 Å². The second-order valence-electron chi connectivity index (χ2n) is 5.80. The molecule has 0 aliphatic heterocycles. The van der Waals surface area contributed by atoms with Crippen LogP contribution >= 0.6 is 12.4 Å². The lowest BCUT2D eigenvalue weighted by Gasteiger charge is -2.15. The molecule has 0 aliphatic rings. The van der Waals surface area contributed by atoms with Gasteiger partial charge in [0, 0.05) is 18.7 Å². The number of aliphatic hydroxyl groups excluding tert-OH is 1. The summed E-state index contributed by atoms with van der Waals surface area (Å²) in [6.07, 6.45) is 3.30. The van der Waals surface area contributed by atoms with E-state index in [1.54, 1.807) is 0 Å². The van der Waals surface area contributed by atoms with Crippen LogP contribution in [-0.4, -0.2) is 35.6 Å². The first-order valence-corrected chi connectivity index (χ1v) is 7.78. The van der Waals surface area contributed by atoms with Crippen molar-refractivity contribution >= 4 is 24.6 Å². The van der Waals surface area contributed by atoms with E-state index in [9.17, 15) is 5.11 Å². The Morgan fingerprint density at radius 2 is 1.96 bits per heavy atom. The predicted molar refractivity (Wildman–Crippen MR) is 98.5 cm³/mol. The Labute approximate surface area is 149 Å². The normalized spacial score (nSPS) is 12.4. The molecule has 24 heavy (non-hydrogen) atoms. The van der Waals surface area contributed by atoms with Gasteiger partial charge in [-0.05, 0) is 30.7 Å². The zero-order valence-electron chi connectivity index (χ0n) is 14.2. The molecule has 1 aromatic heterocycles. The van der Waals surface area contributed by atoms with Crippen LogP contribution in [0.1, 0.15) is 30.9 Å². The fourth-order valence-electron chi connectivity index (χ4n) is 1.94. The van der Waals surface area contributed by atoms with Crippen LogP contribution in [0.25, 0.3) is 12.2 Å². The molecular formula is C18H25ClN2O3. The van der Waals surface area contributed by atoms with Gasteiger partial charge in [-0.1, -0.05) is 37.2 Å². The number of hydrogen-bond acceptors (Lipinski definition) is 5. The lowest BCUT2D eigenvalue weighted by Crippen LogP contribution is -2.35. The van der Waals surface area contributed by atoms with Gasteiger partial charge in [-0.15, -0.1) is 12.4 Å². The SMILES string of the molecule is Cc1cc(C=Cc2ccc(OCC(O)CNC(C)C)cc2)on1.Cl. The van der Waals surface area contributed by atoms with E-state index in [1.165, 1.54) is 0 Å². The van der Waals surface area contributed by atoms with Crippen LogP contribution in [0.3, 0.4) is 0 Å². The molecule has 1 unspecified atom stereocenters. The second-order valence-corrected chi connectivity index (χ2v) is 5.80. The molecule has 2 aromatic rings. The van der Waals surface area contributed by atoms with Crippen molar-refractivity contribution in [3.63, 3.8) is 0 Å². The Balaban J connectivity index is 0.00000288. The maximum absolute atomic E-state index is 9.81. The molecule has 0 amide bonds. The van der Waals surface area contributed by atoms with Gasteiger partial charge in [0.05, 0.1) is 5.69 Å². The summed E-state index contributed by atoms with van der Waals surface area (Å²) in [5.74, 6) is 1.46. The third-order valence-electron chi connectivity index (χ3n) is 3.17. The molecule has 0 aliphatic carbocycles. The number of nitrogens with zero attached hydrogens (tertiary/aromatic N) is 1. The van der Waals surface area contributed by atoms with Gasteiger partial charge < -0.3 is 19.7 Å². The van der Waals surface area contributed by atoms with Gasteiger partial charge in [-0.25, -0.2) is 0 Å². The quantitative estimate of drug-likeness (QED) is 0.762. The summed E-state index contributed by atoms with van der Waals surface area (Å²) < 4.78 is 10.7. The van der Waals surface area contributed by atoms with Gasteiger partial charge in [0.15, 0.2) is 5.76 Å². The molecule has 5 nitrogen and oxygen atoms in total. The maximum atomic E-state index is 9.81. The number of aliphatic hydroxyl groups is 1. The third-order valence-corrected chi connectivity index (χ3v) is 3.17. The molecular weight excluding hydrogens is 328 g/mol. The van der Waals surface area contributed by atoms with Crippen LogP contribution in [0.5, 0.6) is 5.75 Å². The van der Waals surface area contributed by atoms with Gasteiger partial charge in [-0.2, -0.15) is 0 Å². The van der Waals surface area contributed by atoms with Crippen molar-refractivity contribution in [2.45, 2.75) is 32.9 Å². The van der Waals surface area contributed by atoms with Crippen molar-refractivity contribution in [2.75, 3.05) is 13.2 Å². The van der Waals surface area contributed by atoms with E-state index in [2.05, 4.69) is 10.5 Å². The number of benzene rings is 1. The first kappa shape index (κ1) is 20.2. The summed E-state index contributed by atoms with van der Waals surface area (Å²) in [5.41, 5.74) is 1.90. The highest BCUT2D eigenvalue weighted by Crippen LogP contribution is 2.15. The Hall–Kier alpha value is -1.82. The number of aromatic nitrogens is 1. The molecule has 0 saturated carbocycles. The molecule has 132 valence electrons. The summed E-state index contributed by atoms with van der Waals surface area (Å²) in [6.45, 7) is 6.76. The number of ether oxygens (including phenoxy) is 1. The summed E-state index contributed by atoms with van der Waals surface area (Å²) in [5, 5.41) is 16.8. The zero-order valence-corrected chi connectivity index (χ0v) is 15.0. The van der Waals surface area contributed by atoms with Gasteiger partial charge in [0.25, 0.3) is 0 Å². The molecule has 2 rings (SSSR count). The minimum absolute atomic E-state index is 0. The molecule has 0 bridgehead atoms. The smallest absolute Gasteiger partial charge is 0.159 e. The summed E-state index contributed by atoms with van der Waals surface area (Å²) in [4.78, 5) is 0. The highest BCUT2D eigenvalue weighted by molar-refractivity contribution is 5.85. The van der Waals surface area contributed by atoms with Crippen molar-refractivity contribution in [3.05, 3.63) is 47.3 Å². The van der Waals surface area contributed by atoms with Crippen LogP contribution < -0.4 is 10.1 Å². The molecule has 2 N–H and O–H groups in total. The zero-order chi connectivity index (χ0) is 16.7. The van der Waals surface area contributed by atoms with Crippen molar-refractivity contribution in [3.8, 4) is 5.75 Å². The standard InChI is InChI=1S/C18H24N2O3.ClH/c1-13(2)19-11-16(21)12-22-17-7-4-15(5-8-17)6-9-18-10-14(3)20-23-18;/h4-10,13,16,19,21H,11-12H2,1-3H3;1H. The summed E-state index contributed by atoms with van der Waals surface area (Å²) >= 11 is 0. The monoisotopic (exact) mass is 352 g/mol. The van der Waals surface area contributed by atoms with E-state index in [1.807, 2.05) is 63.3 Å². The predicted octanol–water partition coefficient (Wildman–Crippen LogP) is 3.31. The molecule has 0 fully saturated rings. The minimum atomic E-state index is -0.522. The molecule has 0 spiro atoms. The maximum Gasteiger partial charge on any atom is 0.159 e. The Morgan fingerprint density at radius 3 is 2.54 bits per heavy atom. The summed E-state index contributed by atoms with van der Waals surface area (Å²) in [7, 11) is 0. The van der Waals surface area contributed by atoms with Crippen molar-refractivity contribution in [2.24, 2.45) is 0 Å². The van der Waals surface area contributed by atoms with Gasteiger partial charge in [0.1, 0.15) is 18.5 Å². The van der Waals surface area contributed by atoms with Crippen LogP contribution in [-0.2, 0) is 0 Å². The fourth-order valence-corrected chi connectivity index (χ4v) is 1.94. The Kier molecular flexibility index (Phi) is 8.54. The van der Waals surface area contributed by atoms with Crippen LogP contribution in [0, 0.1) is 6.92 Å². The van der Waals surface area contributed by atoms with E-state index < -0.39 is 6.10 Å². The van der Waals surface area contributed by atoms with Gasteiger partial charge >= 0.3 is 0 Å². The Bertz CT molecular complexity index is 623. The van der Waals surface area contributed by atoms with E-state index in [4.69, 9.17) is 9.26 Å². The highest BCUT2D eigenvalue weighted by atomic mass is 35.5. The largest absolute Gasteiger partial charge is 0.491 e. The highest BCUT2D eigenvalue weighted by Gasteiger charge is 2.05. The number of hydrogen-bond donors (Lipinski definition) is 2. The second kappa shape index (κ2) is 10.1. The topological polar surface area (TPSA) is 67.5 Å². The number of rotatable bonds is 8. The average Bonchev–Trinajstić information content (AvgIpc) is 2.95. The lowest BCUT2D eigenvalue weighted by molar-refractivity contribution is 0.104. The van der Waals surface area contributed by atoms with E-state index in [0.29, 0.717) is 12.6 Å². The van der Waals surface area contributed by atoms with Crippen molar-refractivity contribution < 1.29 is 14.4 Å². The first-order valence-electron chi connectivity index (χ1n) is 7.78.